The fraction of sp³-hybridized carbons (Fsp3) is 0.300. The molecule has 0 saturated carbocycles. The first-order valence-electron chi connectivity index (χ1n) is 8.56. The number of nitrogens with zero attached hydrogens (tertiary/aromatic N) is 3. The van der Waals surface area contributed by atoms with Crippen molar-refractivity contribution in [2.45, 2.75) is 20.8 Å². The zero-order chi connectivity index (χ0) is 19.6. The van der Waals surface area contributed by atoms with E-state index in [2.05, 4.69) is 39.3 Å². The summed E-state index contributed by atoms with van der Waals surface area (Å²) in [5.41, 5.74) is 2.21. The van der Waals surface area contributed by atoms with Gasteiger partial charge >= 0.3 is 0 Å². The van der Waals surface area contributed by atoms with Crippen molar-refractivity contribution >= 4 is 17.6 Å². The number of hydrogen-bond acceptors (Lipinski definition) is 5. The minimum Gasteiger partial charge on any atom is -0.507 e. The number of rotatable bonds is 2. The fourth-order valence-corrected chi connectivity index (χ4v) is 2.91. The highest BCUT2D eigenvalue weighted by molar-refractivity contribution is 6.12. The van der Waals surface area contributed by atoms with E-state index >= 15 is 0 Å². The van der Waals surface area contributed by atoms with Crippen molar-refractivity contribution in [3.8, 4) is 16.9 Å². The van der Waals surface area contributed by atoms with Crippen LogP contribution >= 0.6 is 0 Å². The van der Waals surface area contributed by atoms with Gasteiger partial charge in [0.1, 0.15) is 5.75 Å². The highest BCUT2D eigenvalue weighted by atomic mass is 16.3. The Bertz CT molecular complexity index is 973. The first-order valence-corrected chi connectivity index (χ1v) is 8.56. The van der Waals surface area contributed by atoms with Crippen molar-refractivity contribution in [1.29, 1.82) is 0 Å². The second-order valence-electron chi connectivity index (χ2n) is 7.29. The standard InChI is InChI=1S/C20H21N5O2/c1-12-9-22-8-7-13(12)16-14(21-4)5-6-15(26)17(16)18(27)25-19-23-10-20(2,3)11-24-19/h5-9,26H,10-11H2,1-3H3,(H2,23,24,25,27). The van der Waals surface area contributed by atoms with Gasteiger partial charge in [-0.15, -0.1) is 0 Å². The number of phenols is 1. The molecule has 1 aromatic heterocycles. The van der Waals surface area contributed by atoms with Crippen LogP contribution in [-0.4, -0.2) is 35.0 Å². The molecular formula is C20H21N5O2. The number of guanidine groups is 1. The first kappa shape index (κ1) is 18.4. The Balaban J connectivity index is 2.05. The van der Waals surface area contributed by atoms with Gasteiger partial charge in [-0.05, 0) is 30.2 Å². The number of hydrogen-bond donors (Lipinski definition) is 3. The summed E-state index contributed by atoms with van der Waals surface area (Å²) in [5.74, 6) is -0.345. The number of aryl methyl sites for hydroxylation is 1. The maximum absolute atomic E-state index is 13.0. The monoisotopic (exact) mass is 363 g/mol. The molecule has 1 aromatic carbocycles. The summed E-state index contributed by atoms with van der Waals surface area (Å²) in [5, 5.41) is 16.2. The minimum absolute atomic E-state index is 0.0136. The molecule has 1 amide bonds. The van der Waals surface area contributed by atoms with Crippen LogP contribution < -0.4 is 10.6 Å². The second-order valence-corrected chi connectivity index (χ2v) is 7.29. The van der Waals surface area contributed by atoms with Gasteiger partial charge in [0.2, 0.25) is 0 Å². The Hall–Kier alpha value is -3.40. The lowest BCUT2D eigenvalue weighted by atomic mass is 9.93. The van der Waals surface area contributed by atoms with Gasteiger partial charge < -0.3 is 10.4 Å². The lowest BCUT2D eigenvalue weighted by molar-refractivity contribution is 0.0973. The number of aromatic nitrogens is 1. The van der Waals surface area contributed by atoms with Crippen LogP contribution in [0.4, 0.5) is 5.69 Å². The van der Waals surface area contributed by atoms with E-state index in [-0.39, 0.29) is 22.4 Å². The van der Waals surface area contributed by atoms with Gasteiger partial charge in [-0.3, -0.25) is 20.1 Å². The Morgan fingerprint density at radius 3 is 2.78 bits per heavy atom. The summed E-state index contributed by atoms with van der Waals surface area (Å²) in [7, 11) is 0. The van der Waals surface area contributed by atoms with Crippen molar-refractivity contribution in [3.63, 3.8) is 0 Å². The van der Waals surface area contributed by atoms with Gasteiger partial charge in [0.25, 0.3) is 5.91 Å². The molecule has 2 heterocycles. The lowest BCUT2D eigenvalue weighted by Gasteiger charge is -2.29. The van der Waals surface area contributed by atoms with Crippen molar-refractivity contribution in [3.05, 3.63) is 53.1 Å². The number of aromatic hydroxyl groups is 1. The van der Waals surface area contributed by atoms with E-state index in [0.717, 1.165) is 5.56 Å². The van der Waals surface area contributed by atoms with E-state index in [9.17, 15) is 9.90 Å². The third kappa shape index (κ3) is 3.75. The van der Waals surface area contributed by atoms with Crippen LogP contribution in [0.2, 0.25) is 0 Å². The third-order valence-electron chi connectivity index (χ3n) is 4.43. The quantitative estimate of drug-likeness (QED) is 0.715. The molecular weight excluding hydrogens is 342 g/mol. The topological polar surface area (TPSA) is 91.0 Å². The zero-order valence-electron chi connectivity index (χ0n) is 15.5. The summed E-state index contributed by atoms with van der Waals surface area (Å²) in [6, 6.07) is 4.60. The van der Waals surface area contributed by atoms with Crippen molar-refractivity contribution in [2.24, 2.45) is 10.4 Å². The number of pyridine rings is 1. The molecule has 27 heavy (non-hydrogen) atoms. The average molecular weight is 363 g/mol. The summed E-state index contributed by atoms with van der Waals surface area (Å²) < 4.78 is 0. The molecule has 0 aliphatic carbocycles. The van der Waals surface area contributed by atoms with E-state index in [1.807, 2.05) is 6.92 Å². The SMILES string of the molecule is [C-]#[N+]c1ccc(O)c(C(=O)NC2=NCC(C)(C)CN2)c1-c1ccncc1C. The molecule has 0 spiro atoms. The van der Waals surface area contributed by atoms with Gasteiger partial charge in [0, 0.05) is 36.5 Å². The van der Waals surface area contributed by atoms with Crippen LogP contribution in [0, 0.1) is 18.9 Å². The molecule has 0 unspecified atom stereocenters. The molecule has 7 nitrogen and oxygen atoms in total. The number of benzene rings is 1. The van der Waals surface area contributed by atoms with Crippen LogP contribution in [-0.2, 0) is 0 Å². The van der Waals surface area contributed by atoms with Gasteiger partial charge in [-0.25, -0.2) is 4.85 Å². The number of carbonyl (C=O) groups excluding carboxylic acids is 1. The molecule has 0 bridgehead atoms. The number of phenolic OH excluding ortho intramolecular Hbond substituents is 1. The Labute approximate surface area is 158 Å². The van der Waals surface area contributed by atoms with Crippen LogP contribution in [0.1, 0.15) is 29.8 Å². The molecule has 138 valence electrons. The predicted octanol–water partition coefficient (Wildman–Crippen LogP) is 3.03. The van der Waals surface area contributed by atoms with E-state index in [4.69, 9.17) is 6.57 Å². The van der Waals surface area contributed by atoms with Crippen LogP contribution in [0.5, 0.6) is 5.75 Å². The van der Waals surface area contributed by atoms with Crippen LogP contribution in [0.15, 0.2) is 35.6 Å². The van der Waals surface area contributed by atoms with Crippen molar-refractivity contribution < 1.29 is 9.90 Å². The second kappa shape index (κ2) is 7.08. The van der Waals surface area contributed by atoms with Crippen LogP contribution in [0.3, 0.4) is 0 Å². The highest BCUT2D eigenvalue weighted by Gasteiger charge is 2.26. The number of nitrogens with one attached hydrogen (secondary N) is 2. The molecule has 2 aromatic rings. The molecule has 0 fully saturated rings. The highest BCUT2D eigenvalue weighted by Crippen LogP contribution is 2.39. The third-order valence-corrected chi connectivity index (χ3v) is 4.43. The lowest BCUT2D eigenvalue weighted by Crippen LogP contribution is -2.49. The van der Waals surface area contributed by atoms with E-state index in [1.165, 1.54) is 12.1 Å². The largest absolute Gasteiger partial charge is 0.507 e. The molecule has 0 saturated heterocycles. The Morgan fingerprint density at radius 2 is 2.15 bits per heavy atom. The molecule has 3 N–H and O–H groups in total. The van der Waals surface area contributed by atoms with Crippen molar-refractivity contribution in [1.82, 2.24) is 15.6 Å². The zero-order valence-corrected chi connectivity index (χ0v) is 15.5. The predicted molar refractivity (Wildman–Crippen MR) is 104 cm³/mol. The van der Waals surface area contributed by atoms with E-state index in [1.54, 1.807) is 18.5 Å². The maximum Gasteiger partial charge on any atom is 0.261 e. The summed E-state index contributed by atoms with van der Waals surface area (Å²) in [6.45, 7) is 14.7. The van der Waals surface area contributed by atoms with Crippen LogP contribution in [0.25, 0.3) is 16.0 Å². The molecule has 1 aliphatic rings. The normalized spacial score (nSPS) is 15.3. The Morgan fingerprint density at radius 1 is 1.37 bits per heavy atom. The average Bonchev–Trinajstić information content (AvgIpc) is 2.63. The fourth-order valence-electron chi connectivity index (χ4n) is 2.91. The Kier molecular flexibility index (Phi) is 4.82. The van der Waals surface area contributed by atoms with E-state index < -0.39 is 5.91 Å². The maximum atomic E-state index is 13.0. The first-order chi connectivity index (χ1) is 12.8. The minimum atomic E-state index is -0.518. The molecule has 0 atom stereocenters. The number of amides is 1. The van der Waals surface area contributed by atoms with E-state index in [0.29, 0.717) is 30.2 Å². The molecule has 3 rings (SSSR count). The summed E-state index contributed by atoms with van der Waals surface area (Å²) >= 11 is 0. The summed E-state index contributed by atoms with van der Waals surface area (Å²) in [4.78, 5) is 24.9. The van der Waals surface area contributed by atoms with Gasteiger partial charge in [-0.1, -0.05) is 19.9 Å². The smallest absolute Gasteiger partial charge is 0.261 e. The van der Waals surface area contributed by atoms with Crippen molar-refractivity contribution in [2.75, 3.05) is 13.1 Å². The molecule has 1 aliphatic heterocycles. The van der Waals surface area contributed by atoms with Gasteiger partial charge in [0.15, 0.2) is 11.6 Å². The molecule has 7 heteroatoms. The number of aliphatic imine (C=N–C) groups is 1. The van der Waals surface area contributed by atoms with Gasteiger partial charge in [0.05, 0.1) is 12.1 Å². The number of carbonyl (C=O) groups is 1. The molecule has 0 radical (unpaired) electrons. The summed E-state index contributed by atoms with van der Waals surface area (Å²) in [6.07, 6.45) is 3.25. The van der Waals surface area contributed by atoms with Gasteiger partial charge in [-0.2, -0.15) is 0 Å².